The van der Waals surface area contributed by atoms with Crippen LogP contribution in [0.2, 0.25) is 0 Å². The van der Waals surface area contributed by atoms with Gasteiger partial charge in [-0.3, -0.25) is 4.79 Å². The molecule has 0 heterocycles. The predicted octanol–water partition coefficient (Wildman–Crippen LogP) is 0.298. The standard InChI is InChI=1S/C9H19NO3/c1-5-7(6-11)10-8(12)9(2,3)13-4/h7,11H,5-6H2,1-4H3,(H,10,12)/t7-/m1/s1. The lowest BCUT2D eigenvalue weighted by molar-refractivity contribution is -0.140. The Hall–Kier alpha value is -0.610. The molecule has 78 valence electrons. The number of rotatable bonds is 5. The number of methoxy groups -OCH3 is 1. The van der Waals surface area contributed by atoms with Gasteiger partial charge in [-0.15, -0.1) is 0 Å². The lowest BCUT2D eigenvalue weighted by Gasteiger charge is -2.24. The van der Waals surface area contributed by atoms with Crippen molar-refractivity contribution in [3.63, 3.8) is 0 Å². The number of aliphatic hydroxyl groups excluding tert-OH is 1. The molecule has 0 fully saturated rings. The van der Waals surface area contributed by atoms with E-state index >= 15 is 0 Å². The Morgan fingerprint density at radius 3 is 2.46 bits per heavy atom. The molecular formula is C9H19NO3. The van der Waals surface area contributed by atoms with E-state index in [-0.39, 0.29) is 18.6 Å². The van der Waals surface area contributed by atoms with Gasteiger partial charge in [0.25, 0.3) is 5.91 Å². The van der Waals surface area contributed by atoms with E-state index in [0.717, 1.165) is 0 Å². The van der Waals surface area contributed by atoms with Gasteiger partial charge in [-0.25, -0.2) is 0 Å². The predicted molar refractivity (Wildman–Crippen MR) is 50.4 cm³/mol. The van der Waals surface area contributed by atoms with Crippen molar-refractivity contribution in [2.24, 2.45) is 0 Å². The molecule has 0 unspecified atom stereocenters. The van der Waals surface area contributed by atoms with Crippen LogP contribution in [0.15, 0.2) is 0 Å². The van der Waals surface area contributed by atoms with Gasteiger partial charge in [-0.05, 0) is 20.3 Å². The number of ether oxygens (including phenoxy) is 1. The second-order valence-corrected chi connectivity index (χ2v) is 3.48. The van der Waals surface area contributed by atoms with Crippen molar-refractivity contribution < 1.29 is 14.6 Å². The lowest BCUT2D eigenvalue weighted by Crippen LogP contribution is -2.48. The Bertz CT molecular complexity index is 164. The fourth-order valence-corrected chi connectivity index (χ4v) is 0.729. The van der Waals surface area contributed by atoms with Crippen LogP contribution in [0.1, 0.15) is 27.2 Å². The van der Waals surface area contributed by atoms with Crippen LogP contribution in [-0.2, 0) is 9.53 Å². The molecule has 2 N–H and O–H groups in total. The number of carbonyl (C=O) groups excluding carboxylic acids is 1. The highest BCUT2D eigenvalue weighted by Gasteiger charge is 2.28. The molecule has 4 heteroatoms. The van der Waals surface area contributed by atoms with E-state index in [4.69, 9.17) is 9.84 Å². The summed E-state index contributed by atoms with van der Waals surface area (Å²) in [5, 5.41) is 11.6. The zero-order valence-electron chi connectivity index (χ0n) is 8.76. The van der Waals surface area contributed by atoms with Crippen LogP contribution in [0, 0.1) is 0 Å². The van der Waals surface area contributed by atoms with Gasteiger partial charge in [0.1, 0.15) is 5.60 Å². The van der Waals surface area contributed by atoms with Crippen LogP contribution in [0.3, 0.4) is 0 Å². The number of aliphatic hydroxyl groups is 1. The third kappa shape index (κ3) is 3.74. The zero-order chi connectivity index (χ0) is 10.5. The Balaban J connectivity index is 4.13. The van der Waals surface area contributed by atoms with Crippen molar-refractivity contribution in [2.75, 3.05) is 13.7 Å². The monoisotopic (exact) mass is 189 g/mol. The van der Waals surface area contributed by atoms with Crippen molar-refractivity contribution in [1.29, 1.82) is 0 Å². The highest BCUT2D eigenvalue weighted by molar-refractivity contribution is 5.84. The molecule has 0 radical (unpaired) electrons. The Morgan fingerprint density at radius 1 is 1.62 bits per heavy atom. The first kappa shape index (κ1) is 12.4. The van der Waals surface area contributed by atoms with Gasteiger partial charge >= 0.3 is 0 Å². The topological polar surface area (TPSA) is 58.6 Å². The molecule has 0 rings (SSSR count). The minimum absolute atomic E-state index is 0.0396. The largest absolute Gasteiger partial charge is 0.394 e. The molecule has 0 spiro atoms. The molecule has 1 atom stereocenters. The van der Waals surface area contributed by atoms with Gasteiger partial charge in [0.2, 0.25) is 0 Å². The van der Waals surface area contributed by atoms with Crippen LogP contribution in [0.5, 0.6) is 0 Å². The molecule has 0 bridgehead atoms. The second kappa shape index (κ2) is 5.19. The fourth-order valence-electron chi connectivity index (χ4n) is 0.729. The molecule has 0 saturated carbocycles. The van der Waals surface area contributed by atoms with Crippen molar-refractivity contribution in [3.8, 4) is 0 Å². The molecule has 0 saturated heterocycles. The van der Waals surface area contributed by atoms with Gasteiger partial charge in [0.05, 0.1) is 12.6 Å². The van der Waals surface area contributed by atoms with Crippen LogP contribution >= 0.6 is 0 Å². The maximum atomic E-state index is 11.5. The van der Waals surface area contributed by atoms with Crippen LogP contribution in [0.4, 0.5) is 0 Å². The van der Waals surface area contributed by atoms with Crippen molar-refractivity contribution in [3.05, 3.63) is 0 Å². The molecule has 0 aliphatic carbocycles. The number of hydrogen-bond acceptors (Lipinski definition) is 3. The molecule has 1 amide bonds. The first-order valence-electron chi connectivity index (χ1n) is 4.45. The summed E-state index contributed by atoms with van der Waals surface area (Å²) >= 11 is 0. The molecule has 4 nitrogen and oxygen atoms in total. The van der Waals surface area contributed by atoms with E-state index in [1.54, 1.807) is 13.8 Å². The Morgan fingerprint density at radius 2 is 2.15 bits per heavy atom. The van der Waals surface area contributed by atoms with E-state index in [1.165, 1.54) is 7.11 Å². The number of nitrogens with one attached hydrogen (secondary N) is 1. The smallest absolute Gasteiger partial charge is 0.251 e. The minimum atomic E-state index is -0.831. The van der Waals surface area contributed by atoms with Gasteiger partial charge in [-0.2, -0.15) is 0 Å². The second-order valence-electron chi connectivity index (χ2n) is 3.48. The van der Waals surface area contributed by atoms with E-state index in [0.29, 0.717) is 6.42 Å². The van der Waals surface area contributed by atoms with Gasteiger partial charge in [0.15, 0.2) is 0 Å². The summed E-state index contributed by atoms with van der Waals surface area (Å²) in [7, 11) is 1.49. The summed E-state index contributed by atoms with van der Waals surface area (Å²) in [5.74, 6) is -0.198. The van der Waals surface area contributed by atoms with Crippen LogP contribution in [-0.4, -0.2) is 36.4 Å². The maximum Gasteiger partial charge on any atom is 0.251 e. The highest BCUT2D eigenvalue weighted by atomic mass is 16.5. The lowest BCUT2D eigenvalue weighted by atomic mass is 10.1. The Labute approximate surface area is 79.3 Å². The quantitative estimate of drug-likeness (QED) is 0.654. The summed E-state index contributed by atoms with van der Waals surface area (Å²) in [5.41, 5.74) is -0.831. The van der Waals surface area contributed by atoms with E-state index in [9.17, 15) is 4.79 Å². The normalized spacial score (nSPS) is 13.9. The summed E-state index contributed by atoms with van der Waals surface area (Å²) in [6, 6.07) is -0.179. The third-order valence-corrected chi connectivity index (χ3v) is 2.11. The van der Waals surface area contributed by atoms with E-state index < -0.39 is 5.60 Å². The molecule has 0 aromatic carbocycles. The fraction of sp³-hybridized carbons (Fsp3) is 0.889. The van der Waals surface area contributed by atoms with Crippen molar-refractivity contribution >= 4 is 5.91 Å². The van der Waals surface area contributed by atoms with Crippen LogP contribution in [0.25, 0.3) is 0 Å². The van der Waals surface area contributed by atoms with Gasteiger partial charge in [-0.1, -0.05) is 6.92 Å². The SMILES string of the molecule is CC[C@H](CO)NC(=O)C(C)(C)OC. The first-order chi connectivity index (χ1) is 5.97. The Kier molecular flexibility index (Phi) is 4.95. The van der Waals surface area contributed by atoms with Crippen molar-refractivity contribution in [1.82, 2.24) is 5.32 Å². The van der Waals surface area contributed by atoms with E-state index in [1.807, 2.05) is 6.92 Å². The molecular weight excluding hydrogens is 170 g/mol. The molecule has 0 aliphatic heterocycles. The minimum Gasteiger partial charge on any atom is -0.394 e. The molecule has 0 aromatic rings. The number of carbonyl (C=O) groups is 1. The molecule has 0 aromatic heterocycles. The maximum absolute atomic E-state index is 11.5. The number of amides is 1. The van der Waals surface area contributed by atoms with Crippen molar-refractivity contribution in [2.45, 2.75) is 38.8 Å². The number of hydrogen-bond donors (Lipinski definition) is 2. The van der Waals surface area contributed by atoms with Gasteiger partial charge in [0, 0.05) is 7.11 Å². The molecule has 13 heavy (non-hydrogen) atoms. The average molecular weight is 189 g/mol. The summed E-state index contributed by atoms with van der Waals surface area (Å²) in [6.07, 6.45) is 0.710. The summed E-state index contributed by atoms with van der Waals surface area (Å²) < 4.78 is 5.00. The highest BCUT2D eigenvalue weighted by Crippen LogP contribution is 2.07. The van der Waals surface area contributed by atoms with E-state index in [2.05, 4.69) is 5.32 Å². The third-order valence-electron chi connectivity index (χ3n) is 2.11. The van der Waals surface area contributed by atoms with Gasteiger partial charge < -0.3 is 15.2 Å². The summed E-state index contributed by atoms with van der Waals surface area (Å²) in [6.45, 7) is 5.24. The summed E-state index contributed by atoms with van der Waals surface area (Å²) in [4.78, 5) is 11.5. The first-order valence-corrected chi connectivity index (χ1v) is 4.45. The molecule has 0 aliphatic rings. The van der Waals surface area contributed by atoms with Crippen LogP contribution < -0.4 is 5.32 Å². The zero-order valence-corrected chi connectivity index (χ0v) is 8.76. The average Bonchev–Trinajstić information content (AvgIpc) is 2.13.